The Balaban J connectivity index is 1.76. The van der Waals surface area contributed by atoms with E-state index in [4.69, 9.17) is 0 Å². The molecule has 2 aliphatic heterocycles. The highest BCUT2D eigenvalue weighted by Crippen LogP contribution is 2.69. The van der Waals surface area contributed by atoms with Crippen LogP contribution in [0.4, 0.5) is 0 Å². The van der Waals surface area contributed by atoms with Crippen molar-refractivity contribution in [3.05, 3.63) is 0 Å². The maximum Gasteiger partial charge on any atom is 0.227 e. The number of hydrogen-bond acceptors (Lipinski definition) is 2. The molecular weight excluding hydrogens is 212 g/mol. The molecule has 1 saturated carbocycles. The van der Waals surface area contributed by atoms with Gasteiger partial charge in [-0.1, -0.05) is 27.7 Å². The van der Waals surface area contributed by atoms with Crippen molar-refractivity contribution in [2.24, 2.45) is 22.7 Å². The van der Waals surface area contributed by atoms with E-state index < -0.39 is 0 Å². The van der Waals surface area contributed by atoms with Crippen LogP contribution in [0.3, 0.4) is 0 Å². The lowest BCUT2D eigenvalue weighted by atomic mass is 10.0. The van der Waals surface area contributed by atoms with Crippen molar-refractivity contribution in [1.29, 1.82) is 0 Å². The number of hydrogen-bond donors (Lipinski definition) is 1. The molecule has 2 atom stereocenters. The molecule has 2 heterocycles. The lowest BCUT2D eigenvalue weighted by Gasteiger charge is -2.24. The molecule has 2 saturated heterocycles. The number of nitrogens with one attached hydrogen (secondary N) is 1. The van der Waals surface area contributed by atoms with Crippen molar-refractivity contribution in [2.45, 2.75) is 40.2 Å². The molecule has 0 unspecified atom stereocenters. The predicted molar refractivity (Wildman–Crippen MR) is 67.5 cm³/mol. The number of rotatable bonds is 1. The van der Waals surface area contributed by atoms with E-state index >= 15 is 0 Å². The average Bonchev–Trinajstić information content (AvgIpc) is 2.65. The van der Waals surface area contributed by atoms with E-state index in [1.54, 1.807) is 0 Å². The van der Waals surface area contributed by atoms with Gasteiger partial charge in [-0.15, -0.1) is 0 Å². The van der Waals surface area contributed by atoms with Gasteiger partial charge in [-0.2, -0.15) is 0 Å². The Bertz CT molecular complexity index is 347. The summed E-state index contributed by atoms with van der Waals surface area (Å²) in [6.45, 7) is 12.0. The first kappa shape index (κ1) is 11.5. The Morgan fingerprint density at radius 2 is 1.82 bits per heavy atom. The molecule has 0 radical (unpaired) electrons. The van der Waals surface area contributed by atoms with Crippen LogP contribution in [-0.2, 0) is 4.79 Å². The topological polar surface area (TPSA) is 32.3 Å². The number of likely N-dealkylation sites (tertiary alicyclic amines) is 1. The molecule has 3 aliphatic rings. The molecule has 0 aromatic carbocycles. The van der Waals surface area contributed by atoms with Crippen LogP contribution < -0.4 is 5.32 Å². The molecule has 1 N–H and O–H groups in total. The average molecular weight is 236 g/mol. The van der Waals surface area contributed by atoms with E-state index in [-0.39, 0.29) is 16.7 Å². The van der Waals surface area contributed by atoms with Crippen molar-refractivity contribution in [1.82, 2.24) is 10.2 Å². The van der Waals surface area contributed by atoms with Crippen LogP contribution in [0.2, 0.25) is 0 Å². The van der Waals surface area contributed by atoms with Gasteiger partial charge in [-0.25, -0.2) is 0 Å². The molecule has 3 rings (SSSR count). The molecule has 1 aliphatic carbocycles. The first-order valence-electron chi connectivity index (χ1n) is 6.88. The van der Waals surface area contributed by atoms with Gasteiger partial charge < -0.3 is 10.2 Å². The minimum Gasteiger partial charge on any atom is -0.338 e. The first-order valence-corrected chi connectivity index (χ1v) is 6.88. The summed E-state index contributed by atoms with van der Waals surface area (Å²) in [5.41, 5.74) is 0.350. The predicted octanol–water partition coefficient (Wildman–Crippen LogP) is 1.49. The van der Waals surface area contributed by atoms with Gasteiger partial charge in [-0.05, 0) is 23.2 Å². The number of carbonyl (C=O) groups excluding carboxylic acids is 1. The highest BCUT2D eigenvalue weighted by Gasteiger charge is 2.69. The second kappa shape index (κ2) is 3.25. The maximum atomic E-state index is 12.7. The number of amides is 1. The second-order valence-electron chi connectivity index (χ2n) is 7.18. The van der Waals surface area contributed by atoms with Crippen LogP contribution in [0.15, 0.2) is 0 Å². The van der Waals surface area contributed by atoms with Gasteiger partial charge in [0.2, 0.25) is 5.91 Å². The summed E-state index contributed by atoms with van der Waals surface area (Å²) in [5, 5.41) is 3.42. The molecule has 0 aromatic rings. The van der Waals surface area contributed by atoms with Gasteiger partial charge in [0.25, 0.3) is 0 Å². The lowest BCUT2D eigenvalue weighted by molar-refractivity contribution is -0.134. The molecule has 0 bridgehead atoms. The first-order chi connectivity index (χ1) is 7.87. The van der Waals surface area contributed by atoms with E-state index in [0.29, 0.717) is 17.9 Å². The van der Waals surface area contributed by atoms with Crippen molar-refractivity contribution in [2.75, 3.05) is 19.6 Å². The Labute approximate surface area is 104 Å². The highest BCUT2D eigenvalue weighted by molar-refractivity contribution is 5.85. The van der Waals surface area contributed by atoms with Gasteiger partial charge in [0, 0.05) is 31.6 Å². The van der Waals surface area contributed by atoms with Crippen LogP contribution in [0.5, 0.6) is 0 Å². The largest absolute Gasteiger partial charge is 0.338 e. The van der Waals surface area contributed by atoms with E-state index in [2.05, 4.69) is 37.9 Å². The maximum absolute atomic E-state index is 12.7. The van der Waals surface area contributed by atoms with Crippen molar-refractivity contribution in [3.63, 3.8) is 0 Å². The molecule has 1 amide bonds. The summed E-state index contributed by atoms with van der Waals surface area (Å²) < 4.78 is 0. The third kappa shape index (κ3) is 1.35. The van der Waals surface area contributed by atoms with Gasteiger partial charge in [-0.3, -0.25) is 4.79 Å². The van der Waals surface area contributed by atoms with E-state index in [1.165, 1.54) is 6.42 Å². The normalized spacial score (nSPS) is 38.2. The number of nitrogens with zero attached hydrogens (tertiary/aromatic N) is 1. The zero-order valence-electron chi connectivity index (χ0n) is 11.4. The smallest absolute Gasteiger partial charge is 0.227 e. The summed E-state index contributed by atoms with van der Waals surface area (Å²) >= 11 is 0. The van der Waals surface area contributed by atoms with Crippen LogP contribution in [0, 0.1) is 22.7 Å². The molecular formula is C14H24N2O. The van der Waals surface area contributed by atoms with Crippen LogP contribution in [0.1, 0.15) is 34.1 Å². The summed E-state index contributed by atoms with van der Waals surface area (Å²) in [4.78, 5) is 14.9. The van der Waals surface area contributed by atoms with Crippen LogP contribution >= 0.6 is 0 Å². The summed E-state index contributed by atoms with van der Waals surface area (Å²) in [6, 6.07) is 0.481. The molecule has 96 valence electrons. The number of carbonyl (C=O) groups is 1. The van der Waals surface area contributed by atoms with E-state index in [9.17, 15) is 4.79 Å². The molecule has 17 heavy (non-hydrogen) atoms. The zero-order chi connectivity index (χ0) is 12.4. The van der Waals surface area contributed by atoms with Gasteiger partial charge in [0.15, 0.2) is 0 Å². The van der Waals surface area contributed by atoms with E-state index in [1.807, 2.05) is 0 Å². The summed E-state index contributed by atoms with van der Waals surface area (Å²) in [7, 11) is 0. The fraction of sp³-hybridized carbons (Fsp3) is 0.929. The van der Waals surface area contributed by atoms with Crippen molar-refractivity contribution < 1.29 is 4.79 Å². The van der Waals surface area contributed by atoms with E-state index in [0.717, 1.165) is 19.6 Å². The van der Waals surface area contributed by atoms with Gasteiger partial charge >= 0.3 is 0 Å². The molecule has 3 fully saturated rings. The third-order valence-corrected chi connectivity index (χ3v) is 6.00. The standard InChI is InChI=1S/C14H24N2O/c1-13(2)11(14(13,3)4)12(17)16-6-5-9-7-15-8-10(9)16/h9-11,15H,5-8H2,1-4H3/t9-,10+/m0/s1. The molecule has 0 spiro atoms. The summed E-state index contributed by atoms with van der Waals surface area (Å²) in [5.74, 6) is 1.36. The molecule has 0 aromatic heterocycles. The lowest BCUT2D eigenvalue weighted by Crippen LogP contribution is -2.41. The van der Waals surface area contributed by atoms with Gasteiger partial charge in [0.1, 0.15) is 0 Å². The van der Waals surface area contributed by atoms with Crippen LogP contribution in [-0.4, -0.2) is 36.5 Å². The summed E-state index contributed by atoms with van der Waals surface area (Å²) in [6.07, 6.45) is 1.19. The number of fused-ring (bicyclic) bond motifs is 1. The minimum absolute atomic E-state index is 0.175. The Kier molecular flexibility index (Phi) is 2.20. The quantitative estimate of drug-likeness (QED) is 0.748. The molecule has 3 nitrogen and oxygen atoms in total. The minimum atomic E-state index is 0.175. The van der Waals surface area contributed by atoms with Crippen molar-refractivity contribution >= 4 is 5.91 Å². The third-order valence-electron chi connectivity index (χ3n) is 6.00. The zero-order valence-corrected chi connectivity index (χ0v) is 11.4. The van der Waals surface area contributed by atoms with Crippen molar-refractivity contribution in [3.8, 4) is 0 Å². The monoisotopic (exact) mass is 236 g/mol. The Morgan fingerprint density at radius 3 is 2.41 bits per heavy atom. The Morgan fingerprint density at radius 1 is 1.18 bits per heavy atom. The van der Waals surface area contributed by atoms with Gasteiger partial charge in [0.05, 0.1) is 0 Å². The van der Waals surface area contributed by atoms with Crippen LogP contribution in [0.25, 0.3) is 0 Å². The fourth-order valence-corrected chi connectivity index (χ4v) is 4.10. The highest BCUT2D eigenvalue weighted by atomic mass is 16.2. The Hall–Kier alpha value is -0.570. The SMILES string of the molecule is CC1(C)C(C(=O)N2CC[C@H]3CNC[C@H]32)C1(C)C. The second-order valence-corrected chi connectivity index (χ2v) is 7.18. The molecule has 3 heteroatoms. The fourth-order valence-electron chi connectivity index (χ4n) is 4.10.